The lowest BCUT2D eigenvalue weighted by Gasteiger charge is -2.33. The van der Waals surface area contributed by atoms with Crippen LogP contribution in [0.25, 0.3) is 10.8 Å². The topological polar surface area (TPSA) is 25.4 Å². The number of ether oxygens (including phenoxy) is 1. The number of nitrogens with zero attached hydrogens (tertiary/aromatic N) is 2. The van der Waals surface area contributed by atoms with Gasteiger partial charge in [-0.1, -0.05) is 28.1 Å². The van der Waals surface area contributed by atoms with E-state index in [0.29, 0.717) is 18.6 Å². The first-order valence-electron chi connectivity index (χ1n) is 7.25. The third-order valence-corrected chi connectivity index (χ3v) is 4.75. The second-order valence-corrected chi connectivity index (χ2v) is 6.45. The van der Waals surface area contributed by atoms with Gasteiger partial charge in [0.25, 0.3) is 0 Å². The summed E-state index contributed by atoms with van der Waals surface area (Å²) in [6.45, 7) is 2.60. The number of piperidine rings is 1. The Morgan fingerprint density at radius 3 is 2.81 bits per heavy atom. The van der Waals surface area contributed by atoms with Crippen LogP contribution in [0.3, 0.4) is 0 Å². The predicted molar refractivity (Wildman–Crippen MR) is 91.4 cm³/mol. The summed E-state index contributed by atoms with van der Waals surface area (Å²) >= 11 is 9.29. The largest absolute Gasteiger partial charge is 0.377 e. The lowest BCUT2D eigenvalue weighted by Crippen LogP contribution is -2.37. The normalized spacial score (nSPS) is 16.6. The van der Waals surface area contributed by atoms with Gasteiger partial charge in [-0.15, -0.1) is 11.6 Å². The van der Waals surface area contributed by atoms with Crippen molar-refractivity contribution < 1.29 is 4.74 Å². The Kier molecular flexibility index (Phi) is 4.99. The molecule has 0 radical (unpaired) electrons. The third-order valence-electron chi connectivity index (χ3n) is 3.90. The number of anilines is 1. The van der Waals surface area contributed by atoms with Crippen molar-refractivity contribution in [3.8, 4) is 0 Å². The highest BCUT2D eigenvalue weighted by Gasteiger charge is 2.21. The number of benzene rings is 1. The van der Waals surface area contributed by atoms with Gasteiger partial charge < -0.3 is 9.64 Å². The number of rotatable bonds is 4. The Morgan fingerprint density at radius 1 is 1.24 bits per heavy atom. The molecule has 1 aliphatic heterocycles. The summed E-state index contributed by atoms with van der Waals surface area (Å²) in [4.78, 5) is 6.96. The lowest BCUT2D eigenvalue weighted by molar-refractivity contribution is 0.0471. The lowest BCUT2D eigenvalue weighted by atomic mass is 10.1. The fraction of sp³-hybridized carbons (Fsp3) is 0.438. The van der Waals surface area contributed by atoms with Crippen molar-refractivity contribution in [2.45, 2.75) is 18.9 Å². The first-order valence-corrected chi connectivity index (χ1v) is 8.58. The van der Waals surface area contributed by atoms with Crippen LogP contribution in [0, 0.1) is 0 Å². The molecule has 21 heavy (non-hydrogen) atoms. The van der Waals surface area contributed by atoms with Crippen molar-refractivity contribution in [1.82, 2.24) is 4.98 Å². The zero-order valence-corrected chi connectivity index (χ0v) is 14.1. The summed E-state index contributed by atoms with van der Waals surface area (Å²) < 4.78 is 6.85. The van der Waals surface area contributed by atoms with E-state index in [1.54, 1.807) is 0 Å². The average Bonchev–Trinajstić information content (AvgIpc) is 2.53. The van der Waals surface area contributed by atoms with E-state index in [-0.39, 0.29) is 0 Å². The smallest absolute Gasteiger partial charge is 0.136 e. The van der Waals surface area contributed by atoms with Crippen LogP contribution in [-0.4, -0.2) is 36.7 Å². The fourth-order valence-electron chi connectivity index (χ4n) is 2.85. The Labute approximate surface area is 138 Å². The van der Waals surface area contributed by atoms with Gasteiger partial charge in [-0.25, -0.2) is 4.98 Å². The quantitative estimate of drug-likeness (QED) is 0.754. The highest BCUT2D eigenvalue weighted by Crippen LogP contribution is 2.31. The van der Waals surface area contributed by atoms with E-state index in [1.165, 1.54) is 10.8 Å². The summed E-state index contributed by atoms with van der Waals surface area (Å²) in [5.74, 6) is 1.64. The van der Waals surface area contributed by atoms with Gasteiger partial charge in [-0.2, -0.15) is 0 Å². The van der Waals surface area contributed by atoms with Gasteiger partial charge in [-0.05, 0) is 25.0 Å². The second-order valence-electron chi connectivity index (χ2n) is 5.22. The molecule has 0 saturated carbocycles. The van der Waals surface area contributed by atoms with E-state index in [2.05, 4.69) is 50.1 Å². The third kappa shape index (κ3) is 3.33. The molecule has 0 spiro atoms. The zero-order valence-electron chi connectivity index (χ0n) is 11.8. The van der Waals surface area contributed by atoms with Gasteiger partial charge in [-0.3, -0.25) is 0 Å². The summed E-state index contributed by atoms with van der Waals surface area (Å²) in [5.41, 5.74) is 0. The summed E-state index contributed by atoms with van der Waals surface area (Å²) in [7, 11) is 0. The molecule has 112 valence electrons. The maximum atomic E-state index is 5.74. The molecule has 0 N–H and O–H groups in total. The molecule has 1 fully saturated rings. The molecule has 3 nitrogen and oxygen atoms in total. The van der Waals surface area contributed by atoms with Crippen molar-refractivity contribution >= 4 is 44.1 Å². The van der Waals surface area contributed by atoms with Crippen molar-refractivity contribution in [1.29, 1.82) is 0 Å². The van der Waals surface area contributed by atoms with Crippen molar-refractivity contribution in [2.75, 3.05) is 30.5 Å². The number of alkyl halides is 1. The van der Waals surface area contributed by atoms with E-state index in [0.717, 1.165) is 36.2 Å². The van der Waals surface area contributed by atoms with E-state index in [9.17, 15) is 0 Å². The van der Waals surface area contributed by atoms with E-state index in [1.807, 2.05) is 6.20 Å². The summed E-state index contributed by atoms with van der Waals surface area (Å²) in [5, 5.41) is 2.41. The molecule has 0 bridgehead atoms. The summed E-state index contributed by atoms with van der Waals surface area (Å²) in [6.07, 6.45) is 4.28. The average molecular weight is 370 g/mol. The van der Waals surface area contributed by atoms with Gasteiger partial charge >= 0.3 is 0 Å². The highest BCUT2D eigenvalue weighted by molar-refractivity contribution is 9.10. The number of fused-ring (bicyclic) bond motifs is 1. The van der Waals surface area contributed by atoms with Gasteiger partial charge in [0, 0.05) is 40.4 Å². The molecule has 5 heteroatoms. The van der Waals surface area contributed by atoms with Crippen molar-refractivity contribution in [2.24, 2.45) is 0 Å². The standard InChI is InChI=1S/C16H18BrClN2O/c17-15-3-1-2-14-13(15)4-8-19-16(14)20-9-5-12(6-10-20)21-11-7-18/h1-4,8,12H,5-7,9-11H2. The first kappa shape index (κ1) is 15.1. The van der Waals surface area contributed by atoms with Gasteiger partial charge in [0.05, 0.1) is 12.7 Å². The van der Waals surface area contributed by atoms with Crippen LogP contribution in [0.15, 0.2) is 34.9 Å². The van der Waals surface area contributed by atoms with Crippen LogP contribution >= 0.6 is 27.5 Å². The molecule has 1 saturated heterocycles. The summed E-state index contributed by atoms with van der Waals surface area (Å²) in [6, 6.07) is 8.32. The van der Waals surface area contributed by atoms with Gasteiger partial charge in [0.1, 0.15) is 5.82 Å². The molecule has 0 atom stereocenters. The van der Waals surface area contributed by atoms with E-state index in [4.69, 9.17) is 16.3 Å². The number of halogens is 2. The molecule has 1 aliphatic rings. The van der Waals surface area contributed by atoms with Crippen molar-refractivity contribution in [3.05, 3.63) is 34.9 Å². The Morgan fingerprint density at radius 2 is 2.05 bits per heavy atom. The maximum absolute atomic E-state index is 5.74. The predicted octanol–water partition coefficient (Wildman–Crippen LogP) is 4.22. The fourth-order valence-corrected chi connectivity index (χ4v) is 3.44. The zero-order chi connectivity index (χ0) is 14.7. The van der Waals surface area contributed by atoms with Crippen LogP contribution in [-0.2, 0) is 4.74 Å². The van der Waals surface area contributed by atoms with Crippen molar-refractivity contribution in [3.63, 3.8) is 0 Å². The maximum Gasteiger partial charge on any atom is 0.136 e. The molecule has 2 aromatic rings. The molecule has 1 aromatic heterocycles. The second kappa shape index (κ2) is 6.95. The minimum atomic E-state index is 0.335. The van der Waals surface area contributed by atoms with Crippen LogP contribution in [0.2, 0.25) is 0 Å². The molecule has 1 aromatic carbocycles. The van der Waals surface area contributed by atoms with Gasteiger partial charge in [0.15, 0.2) is 0 Å². The van der Waals surface area contributed by atoms with Crippen LogP contribution in [0.1, 0.15) is 12.8 Å². The molecule has 0 amide bonds. The van der Waals surface area contributed by atoms with E-state index < -0.39 is 0 Å². The number of hydrogen-bond acceptors (Lipinski definition) is 3. The Balaban J connectivity index is 1.78. The van der Waals surface area contributed by atoms with Crippen LogP contribution in [0.5, 0.6) is 0 Å². The molecule has 0 unspecified atom stereocenters. The Hall–Kier alpha value is -0.840. The molecular weight excluding hydrogens is 352 g/mol. The minimum Gasteiger partial charge on any atom is -0.377 e. The highest BCUT2D eigenvalue weighted by atomic mass is 79.9. The van der Waals surface area contributed by atoms with Gasteiger partial charge in [0.2, 0.25) is 0 Å². The molecule has 0 aliphatic carbocycles. The SMILES string of the molecule is ClCCOC1CCN(c2nccc3c(Br)cccc23)CC1. The molecule has 3 rings (SSSR count). The number of aromatic nitrogens is 1. The molecular formula is C16H18BrClN2O. The first-order chi connectivity index (χ1) is 10.3. The monoisotopic (exact) mass is 368 g/mol. The van der Waals surface area contributed by atoms with Crippen LogP contribution < -0.4 is 4.90 Å². The number of hydrogen-bond donors (Lipinski definition) is 0. The van der Waals surface area contributed by atoms with E-state index >= 15 is 0 Å². The number of pyridine rings is 1. The minimum absolute atomic E-state index is 0.335. The Bertz CT molecular complexity index is 614. The van der Waals surface area contributed by atoms with Crippen LogP contribution in [0.4, 0.5) is 5.82 Å². The molecule has 2 heterocycles.